The first kappa shape index (κ1) is 19.4. The number of hydrogen-bond acceptors (Lipinski definition) is 6. The van der Waals surface area contributed by atoms with Crippen molar-refractivity contribution in [3.05, 3.63) is 54.6 Å². The summed E-state index contributed by atoms with van der Waals surface area (Å²) in [5.74, 6) is -0.225. The van der Waals surface area contributed by atoms with Crippen molar-refractivity contribution in [3.63, 3.8) is 0 Å². The number of phenols is 1. The standard InChI is InChI=1S/C16H13N3O4S.Na.H/c17-10-4-6-11(7-5-10)18-19-14-9-8-12-13(16(14)20)2-1-3-15(12)24(21,22)23;;/h1-9,20H,17H2,(H,21,22,23);;. The molecule has 0 aromatic heterocycles. The van der Waals surface area contributed by atoms with Crippen LogP contribution < -0.4 is 5.73 Å². The molecule has 0 saturated carbocycles. The van der Waals surface area contributed by atoms with Gasteiger partial charge in [-0.25, -0.2) is 0 Å². The average molecular weight is 367 g/mol. The van der Waals surface area contributed by atoms with Crippen molar-refractivity contribution in [2.45, 2.75) is 4.90 Å². The molecule has 3 aromatic rings. The van der Waals surface area contributed by atoms with Crippen LogP contribution in [0.4, 0.5) is 17.1 Å². The molecular weight excluding hydrogens is 353 g/mol. The van der Waals surface area contributed by atoms with Crippen molar-refractivity contribution in [1.82, 2.24) is 0 Å². The molecule has 0 radical (unpaired) electrons. The molecule has 0 saturated heterocycles. The molecule has 0 aliphatic rings. The van der Waals surface area contributed by atoms with E-state index in [9.17, 15) is 18.1 Å². The summed E-state index contributed by atoms with van der Waals surface area (Å²) >= 11 is 0. The zero-order chi connectivity index (χ0) is 17.3. The van der Waals surface area contributed by atoms with Crippen molar-refractivity contribution in [1.29, 1.82) is 0 Å². The van der Waals surface area contributed by atoms with Gasteiger partial charge in [-0.3, -0.25) is 4.55 Å². The van der Waals surface area contributed by atoms with Crippen molar-refractivity contribution < 1.29 is 18.1 Å². The van der Waals surface area contributed by atoms with E-state index in [4.69, 9.17) is 5.73 Å². The van der Waals surface area contributed by atoms with Crippen LogP contribution in [-0.4, -0.2) is 47.6 Å². The Hall–Kier alpha value is -1.97. The fraction of sp³-hybridized carbons (Fsp3) is 0. The molecule has 7 nitrogen and oxygen atoms in total. The predicted octanol–water partition coefficient (Wildman–Crippen LogP) is 3.14. The number of phenolic OH excluding ortho intramolecular Hbond substituents is 1. The Morgan fingerprint density at radius 2 is 1.56 bits per heavy atom. The molecule has 9 heteroatoms. The summed E-state index contributed by atoms with van der Waals surface area (Å²) in [7, 11) is -4.40. The number of nitrogen functional groups attached to an aromatic ring is 1. The molecule has 0 unspecified atom stereocenters. The molecule has 0 atom stereocenters. The normalized spacial score (nSPS) is 11.6. The third-order valence-electron chi connectivity index (χ3n) is 3.42. The fourth-order valence-electron chi connectivity index (χ4n) is 2.26. The van der Waals surface area contributed by atoms with E-state index in [1.165, 1.54) is 30.3 Å². The number of aromatic hydroxyl groups is 1. The van der Waals surface area contributed by atoms with Crippen LogP contribution in [0, 0.1) is 0 Å². The topological polar surface area (TPSA) is 125 Å². The van der Waals surface area contributed by atoms with Crippen molar-refractivity contribution in [2.75, 3.05) is 5.73 Å². The van der Waals surface area contributed by atoms with Crippen LogP contribution in [0.15, 0.2) is 69.7 Å². The van der Waals surface area contributed by atoms with Crippen LogP contribution in [-0.2, 0) is 10.1 Å². The van der Waals surface area contributed by atoms with Gasteiger partial charge in [-0.05, 0) is 36.4 Å². The summed E-state index contributed by atoms with van der Waals surface area (Å²) in [6.45, 7) is 0. The van der Waals surface area contributed by atoms with Gasteiger partial charge < -0.3 is 10.8 Å². The van der Waals surface area contributed by atoms with Gasteiger partial charge in [-0.15, -0.1) is 5.11 Å². The number of azo groups is 1. The van der Waals surface area contributed by atoms with Gasteiger partial charge in [-0.2, -0.15) is 13.5 Å². The molecule has 3 rings (SSSR count). The third kappa shape index (κ3) is 4.17. The van der Waals surface area contributed by atoms with Crippen LogP contribution in [0.5, 0.6) is 5.75 Å². The Morgan fingerprint density at radius 1 is 0.880 bits per heavy atom. The molecular formula is C16H14N3NaO4S. The van der Waals surface area contributed by atoms with E-state index < -0.39 is 10.1 Å². The summed E-state index contributed by atoms with van der Waals surface area (Å²) < 4.78 is 32.1. The zero-order valence-electron chi connectivity index (χ0n) is 12.3. The maximum absolute atomic E-state index is 11.4. The Labute approximate surface area is 166 Å². The van der Waals surface area contributed by atoms with Crippen molar-refractivity contribution in [2.24, 2.45) is 10.2 Å². The molecule has 0 spiro atoms. The van der Waals surface area contributed by atoms with E-state index in [0.29, 0.717) is 11.4 Å². The summed E-state index contributed by atoms with van der Waals surface area (Å²) in [6, 6.07) is 13.8. The van der Waals surface area contributed by atoms with Crippen LogP contribution >= 0.6 is 0 Å². The van der Waals surface area contributed by atoms with Gasteiger partial charge in [0.2, 0.25) is 0 Å². The number of nitrogens with two attached hydrogens (primary N) is 1. The van der Waals surface area contributed by atoms with Crippen LogP contribution in [0.25, 0.3) is 10.8 Å². The number of hydrogen-bond donors (Lipinski definition) is 3. The Bertz CT molecular complexity index is 1050. The fourth-order valence-corrected chi connectivity index (χ4v) is 2.97. The minimum atomic E-state index is -4.40. The molecule has 0 bridgehead atoms. The third-order valence-corrected chi connectivity index (χ3v) is 4.33. The summed E-state index contributed by atoms with van der Waals surface area (Å²) in [5.41, 5.74) is 6.91. The van der Waals surface area contributed by atoms with E-state index in [2.05, 4.69) is 10.2 Å². The maximum atomic E-state index is 11.4. The molecule has 3 aromatic carbocycles. The second-order valence-corrected chi connectivity index (χ2v) is 6.44. The Balaban J connectivity index is 0.00000225. The van der Waals surface area contributed by atoms with Gasteiger partial charge in [0.05, 0.1) is 5.69 Å². The second-order valence-electron chi connectivity index (χ2n) is 5.05. The molecule has 4 N–H and O–H groups in total. The van der Waals surface area contributed by atoms with Crippen LogP contribution in [0.2, 0.25) is 0 Å². The van der Waals surface area contributed by atoms with Gasteiger partial charge in [0, 0.05) is 16.5 Å². The molecule has 0 fully saturated rings. The van der Waals surface area contributed by atoms with Gasteiger partial charge in [0.1, 0.15) is 10.6 Å². The summed E-state index contributed by atoms with van der Waals surface area (Å²) in [6.07, 6.45) is 0. The molecule has 124 valence electrons. The first-order valence-corrected chi connectivity index (χ1v) is 8.30. The van der Waals surface area contributed by atoms with E-state index in [1.54, 1.807) is 24.3 Å². The van der Waals surface area contributed by atoms with E-state index in [1.807, 2.05) is 0 Å². The van der Waals surface area contributed by atoms with Crippen LogP contribution in [0.3, 0.4) is 0 Å². The average Bonchev–Trinajstić information content (AvgIpc) is 2.54. The SMILES string of the molecule is Nc1ccc(N=Nc2ccc3c(S(=O)(=O)O)cccc3c2O)cc1.[NaH]. The first-order chi connectivity index (χ1) is 11.4. The van der Waals surface area contributed by atoms with E-state index in [-0.39, 0.29) is 56.7 Å². The van der Waals surface area contributed by atoms with Gasteiger partial charge in [0.15, 0.2) is 5.75 Å². The van der Waals surface area contributed by atoms with E-state index in [0.717, 1.165) is 0 Å². The molecule has 0 aliphatic heterocycles. The number of benzene rings is 3. The number of fused-ring (bicyclic) bond motifs is 1. The molecule has 0 amide bonds. The van der Waals surface area contributed by atoms with Gasteiger partial charge in [-0.1, -0.05) is 18.2 Å². The number of rotatable bonds is 3. The number of nitrogens with zero attached hydrogens (tertiary/aromatic N) is 2. The second kappa shape index (κ2) is 7.51. The van der Waals surface area contributed by atoms with E-state index >= 15 is 0 Å². The molecule has 0 aliphatic carbocycles. The van der Waals surface area contributed by atoms with Crippen molar-refractivity contribution in [3.8, 4) is 5.75 Å². The summed E-state index contributed by atoms with van der Waals surface area (Å²) in [5, 5.41) is 18.7. The molecule has 25 heavy (non-hydrogen) atoms. The Kier molecular flexibility index (Phi) is 5.81. The monoisotopic (exact) mass is 367 g/mol. The van der Waals surface area contributed by atoms with Crippen LogP contribution in [0.1, 0.15) is 0 Å². The Morgan fingerprint density at radius 3 is 2.20 bits per heavy atom. The van der Waals surface area contributed by atoms with Gasteiger partial charge >= 0.3 is 29.6 Å². The minimum absolute atomic E-state index is 0. The van der Waals surface area contributed by atoms with Crippen molar-refractivity contribution >= 4 is 67.5 Å². The quantitative estimate of drug-likeness (QED) is 0.284. The van der Waals surface area contributed by atoms with Gasteiger partial charge in [0.25, 0.3) is 10.1 Å². The molecule has 0 heterocycles. The zero-order valence-corrected chi connectivity index (χ0v) is 13.1. The predicted molar refractivity (Wildman–Crippen MR) is 97.6 cm³/mol. The number of anilines is 1. The summed E-state index contributed by atoms with van der Waals surface area (Å²) in [4.78, 5) is -0.280. The first-order valence-electron chi connectivity index (χ1n) is 6.86.